The molecule has 0 spiro atoms. The fourth-order valence-electron chi connectivity index (χ4n) is 2.99. The lowest BCUT2D eigenvalue weighted by molar-refractivity contribution is 0.102. The zero-order valence-electron chi connectivity index (χ0n) is 15.0. The normalized spacial score (nSPS) is 10.9. The van der Waals surface area contributed by atoms with Crippen LogP contribution in [-0.4, -0.2) is 15.3 Å². The standard InChI is InChI=1S/C22H18ClN3O/c1-14-6-9-16(10-7-14)22(27)25-21-20(17-4-3-5-18(23)12-17)24-19-11-8-15(2)13-26(19)21/h3-13H,1-2H3,(H,25,27). The minimum atomic E-state index is -0.179. The van der Waals surface area contributed by atoms with E-state index >= 15 is 0 Å². The largest absolute Gasteiger partial charge is 0.306 e. The predicted octanol–water partition coefficient (Wildman–Crippen LogP) is 5.52. The molecule has 0 unspecified atom stereocenters. The van der Waals surface area contributed by atoms with Gasteiger partial charge in [-0.3, -0.25) is 9.20 Å². The van der Waals surface area contributed by atoms with Crippen LogP contribution < -0.4 is 5.32 Å². The summed E-state index contributed by atoms with van der Waals surface area (Å²) in [6.45, 7) is 4.00. The topological polar surface area (TPSA) is 46.4 Å². The molecule has 27 heavy (non-hydrogen) atoms. The number of anilines is 1. The zero-order chi connectivity index (χ0) is 19.0. The summed E-state index contributed by atoms with van der Waals surface area (Å²) in [6, 6.07) is 18.9. The van der Waals surface area contributed by atoms with Crippen molar-refractivity contribution in [3.63, 3.8) is 0 Å². The van der Waals surface area contributed by atoms with Gasteiger partial charge in [-0.1, -0.05) is 47.5 Å². The van der Waals surface area contributed by atoms with Gasteiger partial charge in [-0.05, 0) is 49.7 Å². The Kier molecular flexibility index (Phi) is 4.42. The Labute approximate surface area is 162 Å². The fraction of sp³-hybridized carbons (Fsp3) is 0.0909. The molecule has 4 aromatic rings. The van der Waals surface area contributed by atoms with Gasteiger partial charge < -0.3 is 5.32 Å². The third-order valence-corrected chi connectivity index (χ3v) is 4.65. The van der Waals surface area contributed by atoms with Crippen molar-refractivity contribution in [1.82, 2.24) is 9.38 Å². The average Bonchev–Trinajstić information content (AvgIpc) is 3.00. The van der Waals surface area contributed by atoms with E-state index in [2.05, 4.69) is 5.32 Å². The number of amides is 1. The number of carbonyl (C=O) groups excluding carboxylic acids is 1. The van der Waals surface area contributed by atoms with Crippen LogP contribution in [0.2, 0.25) is 5.02 Å². The Morgan fingerprint density at radius 1 is 1.00 bits per heavy atom. The van der Waals surface area contributed by atoms with Crippen LogP contribution in [0.5, 0.6) is 0 Å². The van der Waals surface area contributed by atoms with Crippen molar-refractivity contribution >= 4 is 29.0 Å². The lowest BCUT2D eigenvalue weighted by Crippen LogP contribution is -2.14. The van der Waals surface area contributed by atoms with Crippen LogP contribution in [0.3, 0.4) is 0 Å². The maximum absolute atomic E-state index is 12.8. The molecule has 4 nitrogen and oxygen atoms in total. The van der Waals surface area contributed by atoms with Gasteiger partial charge in [0.05, 0.1) is 0 Å². The lowest BCUT2D eigenvalue weighted by atomic mass is 10.1. The SMILES string of the molecule is Cc1ccc(C(=O)Nc2c(-c3cccc(Cl)c3)nc3ccc(C)cn23)cc1. The maximum atomic E-state index is 12.8. The van der Waals surface area contributed by atoms with Crippen molar-refractivity contribution in [1.29, 1.82) is 0 Å². The number of aryl methyl sites for hydroxylation is 2. The molecule has 0 aliphatic heterocycles. The molecule has 1 N–H and O–H groups in total. The smallest absolute Gasteiger partial charge is 0.256 e. The van der Waals surface area contributed by atoms with E-state index in [0.29, 0.717) is 22.1 Å². The Morgan fingerprint density at radius 3 is 2.48 bits per heavy atom. The molecule has 0 saturated heterocycles. The molecule has 0 aliphatic rings. The Hall–Kier alpha value is -3.11. The third kappa shape index (κ3) is 3.44. The second-order valence-electron chi connectivity index (χ2n) is 6.57. The molecular weight excluding hydrogens is 358 g/mol. The minimum Gasteiger partial charge on any atom is -0.306 e. The van der Waals surface area contributed by atoms with Crippen molar-refractivity contribution in [3.05, 3.63) is 88.6 Å². The van der Waals surface area contributed by atoms with Crippen LogP contribution in [0.25, 0.3) is 16.9 Å². The van der Waals surface area contributed by atoms with E-state index in [1.54, 1.807) is 0 Å². The zero-order valence-corrected chi connectivity index (χ0v) is 15.8. The van der Waals surface area contributed by atoms with E-state index in [4.69, 9.17) is 16.6 Å². The summed E-state index contributed by atoms with van der Waals surface area (Å²) >= 11 is 6.17. The summed E-state index contributed by atoms with van der Waals surface area (Å²) in [4.78, 5) is 17.5. The highest BCUT2D eigenvalue weighted by molar-refractivity contribution is 6.30. The van der Waals surface area contributed by atoms with Gasteiger partial charge in [0.25, 0.3) is 5.91 Å². The number of benzene rings is 2. The molecule has 0 fully saturated rings. The number of carbonyl (C=O) groups is 1. The van der Waals surface area contributed by atoms with Crippen molar-refractivity contribution in [2.24, 2.45) is 0 Å². The first kappa shape index (κ1) is 17.3. The molecule has 0 radical (unpaired) electrons. The molecule has 4 rings (SSSR count). The van der Waals surface area contributed by atoms with Crippen molar-refractivity contribution in [2.45, 2.75) is 13.8 Å². The number of imidazole rings is 1. The van der Waals surface area contributed by atoms with Crippen molar-refractivity contribution in [2.75, 3.05) is 5.32 Å². The number of nitrogens with one attached hydrogen (secondary N) is 1. The second kappa shape index (κ2) is 6.89. The quantitative estimate of drug-likeness (QED) is 0.512. The molecule has 1 amide bonds. The van der Waals surface area contributed by atoms with Crippen molar-refractivity contribution < 1.29 is 4.79 Å². The van der Waals surface area contributed by atoms with Gasteiger partial charge in [-0.2, -0.15) is 0 Å². The van der Waals surface area contributed by atoms with Gasteiger partial charge in [0, 0.05) is 22.3 Å². The summed E-state index contributed by atoms with van der Waals surface area (Å²) in [5.41, 5.74) is 5.07. The van der Waals surface area contributed by atoms with Gasteiger partial charge in [-0.15, -0.1) is 0 Å². The molecule has 2 heterocycles. The van der Waals surface area contributed by atoms with Gasteiger partial charge in [0.2, 0.25) is 0 Å². The van der Waals surface area contributed by atoms with E-state index in [1.165, 1.54) is 0 Å². The van der Waals surface area contributed by atoms with E-state index in [9.17, 15) is 4.79 Å². The van der Waals surface area contributed by atoms with Crippen LogP contribution in [0, 0.1) is 13.8 Å². The van der Waals surface area contributed by atoms with E-state index < -0.39 is 0 Å². The highest BCUT2D eigenvalue weighted by Gasteiger charge is 2.17. The summed E-state index contributed by atoms with van der Waals surface area (Å²) in [6.07, 6.45) is 1.96. The number of halogens is 1. The third-order valence-electron chi connectivity index (χ3n) is 4.41. The Morgan fingerprint density at radius 2 is 1.74 bits per heavy atom. The van der Waals surface area contributed by atoms with Gasteiger partial charge in [0.15, 0.2) is 0 Å². The molecule has 5 heteroatoms. The predicted molar refractivity (Wildman–Crippen MR) is 110 cm³/mol. The lowest BCUT2D eigenvalue weighted by Gasteiger charge is -2.09. The Bertz CT molecular complexity index is 1150. The monoisotopic (exact) mass is 375 g/mol. The van der Waals surface area contributed by atoms with Crippen LogP contribution in [0.15, 0.2) is 66.9 Å². The number of nitrogens with zero attached hydrogens (tertiary/aromatic N) is 2. The number of aromatic nitrogens is 2. The summed E-state index contributed by atoms with van der Waals surface area (Å²) in [5.74, 6) is 0.447. The van der Waals surface area contributed by atoms with Crippen LogP contribution in [-0.2, 0) is 0 Å². The maximum Gasteiger partial charge on any atom is 0.256 e. The van der Waals surface area contributed by atoms with Crippen LogP contribution >= 0.6 is 11.6 Å². The van der Waals surface area contributed by atoms with E-state index in [-0.39, 0.29) is 5.91 Å². The first-order valence-electron chi connectivity index (χ1n) is 8.64. The van der Waals surface area contributed by atoms with Crippen LogP contribution in [0.4, 0.5) is 5.82 Å². The molecule has 2 aromatic carbocycles. The van der Waals surface area contributed by atoms with Crippen molar-refractivity contribution in [3.8, 4) is 11.3 Å². The van der Waals surface area contributed by atoms with Gasteiger partial charge in [0.1, 0.15) is 17.2 Å². The molecule has 134 valence electrons. The average molecular weight is 376 g/mol. The number of fused-ring (bicyclic) bond motifs is 1. The number of hydrogen-bond acceptors (Lipinski definition) is 2. The number of rotatable bonds is 3. The molecule has 0 bridgehead atoms. The second-order valence-corrected chi connectivity index (χ2v) is 7.01. The molecule has 0 atom stereocenters. The first-order valence-corrected chi connectivity index (χ1v) is 9.02. The molecule has 0 aliphatic carbocycles. The van der Waals surface area contributed by atoms with Crippen LogP contribution in [0.1, 0.15) is 21.5 Å². The Balaban J connectivity index is 1.84. The fourth-order valence-corrected chi connectivity index (χ4v) is 3.18. The van der Waals surface area contributed by atoms with Gasteiger partial charge in [-0.25, -0.2) is 4.98 Å². The molecule has 2 aromatic heterocycles. The highest BCUT2D eigenvalue weighted by atomic mass is 35.5. The first-order chi connectivity index (χ1) is 13.0. The summed E-state index contributed by atoms with van der Waals surface area (Å²) < 4.78 is 1.90. The molecule has 0 saturated carbocycles. The molecular formula is C22H18ClN3O. The van der Waals surface area contributed by atoms with E-state index in [1.807, 2.05) is 85.1 Å². The highest BCUT2D eigenvalue weighted by Crippen LogP contribution is 2.31. The number of hydrogen-bond donors (Lipinski definition) is 1. The minimum absolute atomic E-state index is 0.179. The summed E-state index contributed by atoms with van der Waals surface area (Å²) in [7, 11) is 0. The van der Waals surface area contributed by atoms with E-state index in [0.717, 1.165) is 22.3 Å². The number of pyridine rings is 1. The summed E-state index contributed by atoms with van der Waals surface area (Å²) in [5, 5.41) is 3.65. The van der Waals surface area contributed by atoms with Gasteiger partial charge >= 0.3 is 0 Å².